The van der Waals surface area contributed by atoms with Gasteiger partial charge in [0, 0.05) is 24.0 Å². The number of aryl methyl sites for hydroxylation is 1. The zero-order chi connectivity index (χ0) is 25.6. The second-order valence-electron chi connectivity index (χ2n) is 8.10. The lowest BCUT2D eigenvalue weighted by atomic mass is 10.1. The summed E-state index contributed by atoms with van der Waals surface area (Å²) in [6.07, 6.45) is 8.81. The fraction of sp³-hybridized carbons (Fsp3) is 0.115. The third kappa shape index (κ3) is 3.67. The Bertz CT molecular complexity index is 1780. The molecule has 0 aliphatic rings. The molecule has 0 bridgehead atoms. The highest BCUT2D eigenvalue weighted by molar-refractivity contribution is 6.01. The van der Waals surface area contributed by atoms with Crippen molar-refractivity contribution in [3.63, 3.8) is 0 Å². The van der Waals surface area contributed by atoms with E-state index in [-0.39, 0.29) is 22.5 Å². The molecular weight excluding hydrogens is 466 g/mol. The minimum atomic E-state index is -1.14. The van der Waals surface area contributed by atoms with Crippen molar-refractivity contribution in [1.82, 2.24) is 29.5 Å². The van der Waals surface area contributed by atoms with E-state index in [0.29, 0.717) is 22.4 Å². The van der Waals surface area contributed by atoms with Gasteiger partial charge in [0.1, 0.15) is 11.4 Å². The van der Waals surface area contributed by atoms with Gasteiger partial charge in [-0.1, -0.05) is 12.0 Å². The Morgan fingerprint density at radius 3 is 2.72 bits per heavy atom. The SMILES string of the molecule is C#Cc1cccc2nc(C(C)NC(=O)c3c(C)nn4cccnc34)n(-c3ccc(F)c(F)c3)c(=O)c12. The van der Waals surface area contributed by atoms with E-state index in [1.807, 2.05) is 0 Å². The van der Waals surface area contributed by atoms with Gasteiger partial charge in [0.25, 0.3) is 11.5 Å². The van der Waals surface area contributed by atoms with Crippen molar-refractivity contribution in [2.24, 2.45) is 0 Å². The molecule has 1 atom stereocenters. The second kappa shape index (κ2) is 8.70. The lowest BCUT2D eigenvalue weighted by Crippen LogP contribution is -2.33. The van der Waals surface area contributed by atoms with Crippen LogP contribution in [-0.4, -0.2) is 30.1 Å². The van der Waals surface area contributed by atoms with Crippen molar-refractivity contribution in [3.05, 3.63) is 99.5 Å². The number of hydrogen-bond donors (Lipinski definition) is 1. The summed E-state index contributed by atoms with van der Waals surface area (Å²) in [7, 11) is 0. The Kier molecular flexibility index (Phi) is 5.53. The first-order chi connectivity index (χ1) is 17.3. The van der Waals surface area contributed by atoms with Crippen LogP contribution in [0.2, 0.25) is 0 Å². The lowest BCUT2D eigenvalue weighted by molar-refractivity contribution is 0.0938. The molecule has 0 aliphatic heterocycles. The number of nitrogens with one attached hydrogen (secondary N) is 1. The van der Waals surface area contributed by atoms with Gasteiger partial charge >= 0.3 is 0 Å². The quantitative estimate of drug-likeness (QED) is 0.394. The van der Waals surface area contributed by atoms with Crippen molar-refractivity contribution in [2.75, 3.05) is 0 Å². The Morgan fingerprint density at radius 2 is 1.97 bits per heavy atom. The van der Waals surface area contributed by atoms with Crippen LogP contribution in [0.5, 0.6) is 0 Å². The predicted molar refractivity (Wildman–Crippen MR) is 129 cm³/mol. The third-order valence-electron chi connectivity index (χ3n) is 5.77. The molecule has 1 amide bonds. The molecule has 0 aliphatic carbocycles. The summed E-state index contributed by atoms with van der Waals surface area (Å²) in [6.45, 7) is 3.31. The molecule has 1 unspecified atom stereocenters. The van der Waals surface area contributed by atoms with E-state index in [1.54, 1.807) is 50.5 Å². The first-order valence-electron chi connectivity index (χ1n) is 10.9. The number of carbonyl (C=O) groups is 1. The summed E-state index contributed by atoms with van der Waals surface area (Å²) >= 11 is 0. The molecular formula is C26H18F2N6O2. The highest BCUT2D eigenvalue weighted by Gasteiger charge is 2.24. The van der Waals surface area contributed by atoms with Crippen LogP contribution in [0.25, 0.3) is 22.2 Å². The van der Waals surface area contributed by atoms with Gasteiger partial charge in [-0.25, -0.2) is 23.3 Å². The molecule has 0 radical (unpaired) electrons. The summed E-state index contributed by atoms with van der Waals surface area (Å²) in [5.74, 6) is -0.134. The molecule has 36 heavy (non-hydrogen) atoms. The van der Waals surface area contributed by atoms with Gasteiger partial charge in [0.15, 0.2) is 17.3 Å². The standard InChI is InChI=1S/C26H18F2N6O2/c1-4-16-7-5-8-20-22(16)26(36)34(17-9-10-18(27)19(28)13-17)23(31-20)15(3)30-25(35)21-14(2)32-33-12-6-11-29-24(21)33/h1,5-13,15H,2-3H3,(H,30,35). The summed E-state index contributed by atoms with van der Waals surface area (Å²) in [6, 6.07) is 8.77. The predicted octanol–water partition coefficient (Wildman–Crippen LogP) is 3.49. The van der Waals surface area contributed by atoms with Gasteiger partial charge in [-0.2, -0.15) is 5.10 Å². The molecule has 5 rings (SSSR count). The first-order valence-corrected chi connectivity index (χ1v) is 10.9. The third-order valence-corrected chi connectivity index (χ3v) is 5.77. The molecule has 0 spiro atoms. The highest BCUT2D eigenvalue weighted by atomic mass is 19.2. The summed E-state index contributed by atoms with van der Waals surface area (Å²) in [4.78, 5) is 35.7. The van der Waals surface area contributed by atoms with E-state index in [4.69, 9.17) is 6.42 Å². The van der Waals surface area contributed by atoms with Crippen molar-refractivity contribution in [1.29, 1.82) is 0 Å². The number of amides is 1. The van der Waals surface area contributed by atoms with Crippen LogP contribution >= 0.6 is 0 Å². The Balaban J connectivity index is 1.68. The van der Waals surface area contributed by atoms with Gasteiger partial charge in [-0.15, -0.1) is 6.42 Å². The van der Waals surface area contributed by atoms with Crippen LogP contribution in [-0.2, 0) is 0 Å². The van der Waals surface area contributed by atoms with Gasteiger partial charge in [-0.05, 0) is 44.2 Å². The number of rotatable bonds is 4. The van der Waals surface area contributed by atoms with Gasteiger partial charge in [0.05, 0.1) is 28.3 Å². The van der Waals surface area contributed by atoms with E-state index in [2.05, 4.69) is 26.3 Å². The average Bonchev–Trinajstić information content (AvgIpc) is 3.21. The molecule has 10 heteroatoms. The molecule has 3 aromatic heterocycles. The van der Waals surface area contributed by atoms with Crippen LogP contribution in [0, 0.1) is 30.9 Å². The Hall–Kier alpha value is -4.91. The van der Waals surface area contributed by atoms with Crippen LogP contribution in [0.1, 0.15) is 40.4 Å². The van der Waals surface area contributed by atoms with E-state index in [0.717, 1.165) is 16.7 Å². The Morgan fingerprint density at radius 1 is 1.17 bits per heavy atom. The zero-order valence-electron chi connectivity index (χ0n) is 19.2. The molecule has 5 aromatic rings. The minimum Gasteiger partial charge on any atom is -0.342 e. The molecule has 178 valence electrons. The molecule has 0 saturated carbocycles. The van der Waals surface area contributed by atoms with Crippen LogP contribution in [0.15, 0.2) is 59.7 Å². The molecule has 0 fully saturated rings. The maximum Gasteiger partial charge on any atom is 0.267 e. The summed E-state index contributed by atoms with van der Waals surface area (Å²) in [5, 5.41) is 7.27. The van der Waals surface area contributed by atoms with Gasteiger partial charge in [-0.3, -0.25) is 14.2 Å². The smallest absolute Gasteiger partial charge is 0.267 e. The first kappa shape index (κ1) is 22.9. The molecule has 1 N–H and O–H groups in total. The normalized spacial score (nSPS) is 12.0. The van der Waals surface area contributed by atoms with Crippen LogP contribution in [0.3, 0.4) is 0 Å². The molecule has 2 aromatic carbocycles. The number of carbonyl (C=O) groups excluding carboxylic acids is 1. The maximum absolute atomic E-state index is 14.1. The fourth-order valence-electron chi connectivity index (χ4n) is 4.13. The number of nitrogens with zero attached hydrogens (tertiary/aromatic N) is 5. The van der Waals surface area contributed by atoms with E-state index >= 15 is 0 Å². The van der Waals surface area contributed by atoms with Crippen LogP contribution in [0.4, 0.5) is 8.78 Å². The topological polar surface area (TPSA) is 94.2 Å². The maximum atomic E-state index is 14.1. The minimum absolute atomic E-state index is 0.0325. The van der Waals surface area contributed by atoms with Gasteiger partial charge in [0.2, 0.25) is 0 Å². The van der Waals surface area contributed by atoms with Crippen molar-refractivity contribution >= 4 is 22.5 Å². The van der Waals surface area contributed by atoms with Crippen LogP contribution < -0.4 is 10.9 Å². The highest BCUT2D eigenvalue weighted by Crippen LogP contribution is 2.22. The average molecular weight is 484 g/mol. The van der Waals surface area contributed by atoms with E-state index < -0.39 is 29.1 Å². The fourth-order valence-corrected chi connectivity index (χ4v) is 4.13. The number of benzene rings is 2. The Labute approximate surface area is 203 Å². The summed E-state index contributed by atoms with van der Waals surface area (Å²) in [5.41, 5.74) is 1.15. The number of hydrogen-bond acceptors (Lipinski definition) is 5. The van der Waals surface area contributed by atoms with Crippen molar-refractivity contribution < 1.29 is 13.6 Å². The van der Waals surface area contributed by atoms with Gasteiger partial charge < -0.3 is 5.32 Å². The molecule has 0 saturated heterocycles. The van der Waals surface area contributed by atoms with Crippen molar-refractivity contribution in [3.8, 4) is 18.0 Å². The lowest BCUT2D eigenvalue weighted by Gasteiger charge is -2.20. The molecule has 8 nitrogen and oxygen atoms in total. The molecule has 3 heterocycles. The zero-order valence-corrected chi connectivity index (χ0v) is 19.2. The largest absolute Gasteiger partial charge is 0.342 e. The number of fused-ring (bicyclic) bond motifs is 2. The number of halogens is 2. The number of terminal acetylenes is 1. The summed E-state index contributed by atoms with van der Waals surface area (Å²) < 4.78 is 30.4. The van der Waals surface area contributed by atoms with Crippen molar-refractivity contribution in [2.45, 2.75) is 19.9 Å². The monoisotopic (exact) mass is 484 g/mol. The number of aromatic nitrogens is 5. The second-order valence-corrected chi connectivity index (χ2v) is 8.10. The van der Waals surface area contributed by atoms with E-state index in [9.17, 15) is 18.4 Å². The van der Waals surface area contributed by atoms with E-state index in [1.165, 1.54) is 10.6 Å².